The second-order valence-electron chi connectivity index (χ2n) is 1.39. The van der Waals surface area contributed by atoms with Crippen LogP contribution in [0.2, 0.25) is 0 Å². The summed E-state index contributed by atoms with van der Waals surface area (Å²) in [6.07, 6.45) is 0. The van der Waals surface area contributed by atoms with Crippen LogP contribution in [0.1, 0.15) is 0 Å². The highest BCUT2D eigenvalue weighted by atomic mass is 19.1. The smallest absolute Gasteiger partial charge is 0.596 e. The summed E-state index contributed by atoms with van der Waals surface area (Å²) < 4.78 is 18.6. The largest absolute Gasteiger partial charge is 0.691 e. The van der Waals surface area contributed by atoms with Crippen molar-refractivity contribution < 1.29 is 28.2 Å². The van der Waals surface area contributed by atoms with E-state index in [0.29, 0.717) is 0 Å². The summed E-state index contributed by atoms with van der Waals surface area (Å²) in [6, 6.07) is 0. The average molecular weight is 135 g/mol. The van der Waals surface area contributed by atoms with E-state index in [1.54, 1.807) is 0 Å². The molecule has 1 rings (SSSR count). The summed E-state index contributed by atoms with van der Waals surface area (Å²) >= 11 is 0. The van der Waals surface area contributed by atoms with Crippen LogP contribution in [0.5, 0.6) is 0 Å². The van der Waals surface area contributed by atoms with E-state index in [1.807, 2.05) is 0 Å². The van der Waals surface area contributed by atoms with Gasteiger partial charge in [0.05, 0.1) is 0 Å². The average Bonchev–Trinajstić information content (AvgIpc) is 1.79. The quantitative estimate of drug-likeness (QED) is 0.322. The van der Waals surface area contributed by atoms with Crippen LogP contribution in [-0.4, -0.2) is 24.0 Å². The normalized spacial score (nSPS) is 23.3. The number of hydrogen-bond acceptors (Lipinski definition) is 5. The number of rotatable bonds is 0. The molecule has 0 spiro atoms. The van der Waals surface area contributed by atoms with Gasteiger partial charge in [0.15, 0.2) is 0 Å². The Kier molecular flexibility index (Phi) is 0.964. The van der Waals surface area contributed by atoms with E-state index in [4.69, 9.17) is 5.02 Å². The van der Waals surface area contributed by atoms with Gasteiger partial charge in [0, 0.05) is 0 Å². The molecule has 1 aliphatic rings. The Hall–Kier alpha value is -1.11. The molecule has 0 aromatic heterocycles. The van der Waals surface area contributed by atoms with E-state index in [0.717, 1.165) is 0 Å². The number of carbonyl (C=O) groups is 2. The summed E-state index contributed by atoms with van der Waals surface area (Å²) in [5.41, 5.74) is 0. The van der Waals surface area contributed by atoms with Gasteiger partial charge in [0.1, 0.15) is 0 Å². The lowest BCUT2D eigenvalue weighted by atomic mass is 10.2. The maximum absolute atomic E-state index is 11.8. The van der Waals surface area contributed by atoms with Gasteiger partial charge in [-0.25, -0.2) is 9.59 Å². The molecule has 50 valence electrons. The molecular weight excluding hydrogens is 134 g/mol. The molecule has 0 saturated carbocycles. The first kappa shape index (κ1) is 6.02. The highest BCUT2D eigenvalue weighted by molar-refractivity contribution is 6.64. The highest BCUT2D eigenvalue weighted by Gasteiger charge is 2.44. The molecule has 1 saturated heterocycles. The van der Waals surface area contributed by atoms with Gasteiger partial charge in [-0.2, -0.15) is 0 Å². The minimum atomic E-state index is -4.15. The van der Waals surface area contributed by atoms with Crippen molar-refractivity contribution in [3.05, 3.63) is 0 Å². The lowest BCUT2D eigenvalue weighted by molar-refractivity contribution is -0.150. The van der Waals surface area contributed by atoms with E-state index >= 15 is 0 Å². The molecule has 0 bridgehead atoms. The molecule has 0 atom stereocenters. The van der Waals surface area contributed by atoms with Gasteiger partial charge < -0.3 is 18.6 Å². The van der Waals surface area contributed by atoms with E-state index in [-0.39, 0.29) is 0 Å². The van der Waals surface area contributed by atoms with Crippen molar-refractivity contribution in [2.45, 2.75) is 0 Å². The topological polar surface area (TPSA) is 72.8 Å². The van der Waals surface area contributed by atoms with Crippen molar-refractivity contribution in [3.8, 4) is 0 Å². The van der Waals surface area contributed by atoms with Gasteiger partial charge in [-0.1, -0.05) is 0 Å². The SMILES string of the molecule is O=C1O[B-](O)(F)OC1=O. The highest BCUT2D eigenvalue weighted by Crippen LogP contribution is 2.12. The zero-order valence-corrected chi connectivity index (χ0v) is 4.04. The van der Waals surface area contributed by atoms with Crippen LogP contribution in [0.25, 0.3) is 0 Å². The van der Waals surface area contributed by atoms with Gasteiger partial charge >= 0.3 is 19.0 Å². The van der Waals surface area contributed by atoms with Crippen LogP contribution < -0.4 is 0 Å². The number of carbonyl (C=O) groups excluding carboxylic acids is 2. The van der Waals surface area contributed by atoms with Crippen molar-refractivity contribution in [2.75, 3.05) is 0 Å². The van der Waals surface area contributed by atoms with Crippen molar-refractivity contribution in [1.82, 2.24) is 0 Å². The predicted octanol–water partition coefficient (Wildman–Crippen LogP) is -1.52. The van der Waals surface area contributed by atoms with Gasteiger partial charge in [-0.15, -0.1) is 0 Å². The number of hydrogen-bond donors (Lipinski definition) is 1. The molecule has 1 N–H and O–H groups in total. The van der Waals surface area contributed by atoms with E-state index in [1.165, 1.54) is 0 Å². The van der Waals surface area contributed by atoms with Crippen molar-refractivity contribution in [1.29, 1.82) is 0 Å². The molecule has 5 nitrogen and oxygen atoms in total. The van der Waals surface area contributed by atoms with E-state index in [9.17, 15) is 13.9 Å². The summed E-state index contributed by atoms with van der Waals surface area (Å²) in [7, 11) is -4.15. The number of halogens is 1. The zero-order chi connectivity index (χ0) is 7.07. The fourth-order valence-corrected chi connectivity index (χ4v) is 0.384. The molecule has 0 aromatic carbocycles. The summed E-state index contributed by atoms with van der Waals surface area (Å²) in [6.45, 7) is 0. The summed E-state index contributed by atoms with van der Waals surface area (Å²) in [5.74, 6) is -3.03. The molecule has 0 aliphatic carbocycles. The zero-order valence-electron chi connectivity index (χ0n) is 4.04. The molecule has 0 radical (unpaired) electrons. The molecule has 9 heavy (non-hydrogen) atoms. The lowest BCUT2D eigenvalue weighted by Crippen LogP contribution is -2.31. The second-order valence-corrected chi connectivity index (χ2v) is 1.39. The molecule has 1 heterocycles. The van der Waals surface area contributed by atoms with Crippen molar-refractivity contribution in [2.24, 2.45) is 0 Å². The molecular formula is C2HBFO5-. The fraction of sp³-hybridized carbons (Fsp3) is 0. The first-order chi connectivity index (χ1) is 4.01. The standard InChI is InChI=1S/C2HBFO5/c4-3(7)8-1(5)2(6)9-3/h7H/q-1. The predicted molar refractivity (Wildman–Crippen MR) is 21.3 cm³/mol. The van der Waals surface area contributed by atoms with Crippen molar-refractivity contribution in [3.63, 3.8) is 0 Å². The fourth-order valence-electron chi connectivity index (χ4n) is 0.384. The van der Waals surface area contributed by atoms with Gasteiger partial charge in [0.2, 0.25) is 0 Å². The van der Waals surface area contributed by atoms with Gasteiger partial charge in [-0.05, 0) is 0 Å². The van der Waals surface area contributed by atoms with E-state index < -0.39 is 19.0 Å². The summed E-state index contributed by atoms with van der Waals surface area (Å²) in [4.78, 5) is 19.8. The molecule has 0 aromatic rings. The Labute approximate surface area is 48.4 Å². The Balaban J connectivity index is 2.76. The molecule has 0 amide bonds. The lowest BCUT2D eigenvalue weighted by Gasteiger charge is -2.13. The van der Waals surface area contributed by atoms with Crippen LogP contribution in [0.4, 0.5) is 4.32 Å². The van der Waals surface area contributed by atoms with Crippen LogP contribution >= 0.6 is 0 Å². The third kappa shape index (κ3) is 0.994. The van der Waals surface area contributed by atoms with Gasteiger partial charge in [0.25, 0.3) is 0 Å². The Bertz CT molecular complexity index is 158. The summed E-state index contributed by atoms with van der Waals surface area (Å²) in [5, 5.41) is 8.04. The third-order valence-corrected chi connectivity index (χ3v) is 0.671. The van der Waals surface area contributed by atoms with Crippen LogP contribution in [0.3, 0.4) is 0 Å². The maximum Gasteiger partial charge on any atom is 0.691 e. The maximum atomic E-state index is 11.8. The Morgan fingerprint density at radius 3 is 1.78 bits per heavy atom. The molecule has 1 fully saturated rings. The first-order valence-electron chi connectivity index (χ1n) is 2.01. The van der Waals surface area contributed by atoms with Crippen molar-refractivity contribution >= 4 is 19.0 Å². The van der Waals surface area contributed by atoms with Crippen LogP contribution in [-0.2, 0) is 18.9 Å². The second kappa shape index (κ2) is 1.44. The minimum Gasteiger partial charge on any atom is -0.596 e. The third-order valence-electron chi connectivity index (χ3n) is 0.671. The van der Waals surface area contributed by atoms with Crippen LogP contribution in [0, 0.1) is 0 Å². The Morgan fingerprint density at radius 2 is 1.67 bits per heavy atom. The molecule has 0 unspecified atom stereocenters. The first-order valence-corrected chi connectivity index (χ1v) is 2.01. The van der Waals surface area contributed by atoms with Crippen LogP contribution in [0.15, 0.2) is 0 Å². The monoisotopic (exact) mass is 135 g/mol. The molecule has 7 heteroatoms. The van der Waals surface area contributed by atoms with Gasteiger partial charge in [-0.3, -0.25) is 0 Å². The van der Waals surface area contributed by atoms with E-state index in [2.05, 4.69) is 9.31 Å². The Morgan fingerprint density at radius 1 is 1.33 bits per heavy atom. The molecule has 1 aliphatic heterocycles. The minimum absolute atomic E-state index is 1.51.